The molecule has 12 nitrogen and oxygen atoms in total. The zero-order chi connectivity index (χ0) is 105. The van der Waals surface area contributed by atoms with E-state index in [9.17, 15) is 0 Å². The van der Waals surface area contributed by atoms with Crippen molar-refractivity contribution in [2.45, 2.75) is 510 Å². The summed E-state index contributed by atoms with van der Waals surface area (Å²) in [7, 11) is 0. The van der Waals surface area contributed by atoms with Gasteiger partial charge in [0.05, 0.1) is 0 Å². The van der Waals surface area contributed by atoms with Gasteiger partial charge in [0, 0.05) is 195 Å². The molecule has 0 radical (unpaired) electrons. The zero-order valence-electron chi connectivity index (χ0n) is 103. The molecule has 10 saturated carbocycles. The van der Waals surface area contributed by atoms with Crippen molar-refractivity contribution in [2.75, 3.05) is 157 Å². The van der Waals surface area contributed by atoms with Gasteiger partial charge in [-0.1, -0.05) is 111 Å². The van der Waals surface area contributed by atoms with Crippen LogP contribution in [0.4, 0.5) is 0 Å². The van der Waals surface area contributed by atoms with Gasteiger partial charge in [-0.15, -0.1) is 0 Å². The maximum absolute atomic E-state index is 2.66. The van der Waals surface area contributed by atoms with E-state index < -0.39 is 0 Å². The number of hydrogen-bond acceptors (Lipinski definition) is 12. The van der Waals surface area contributed by atoms with Crippen LogP contribution in [0.15, 0.2) is 0 Å². The number of rotatable bonds is 20. The van der Waals surface area contributed by atoms with Crippen LogP contribution in [-0.2, 0) is 0 Å². The SMILES string of the molecule is CC(C)C1C2CC3(CC21)CN(C(C)C)C3.CC(C)C1C2CC3(CC21)CN(C(C)C)C3.CC(C)C1CC2(C1)CN(C(C)C)C2.CC(C)C1CC2(CCN(C(C)C)C2)C1.CC(C)C1CC2(CCN(C(C)C)CC2)C1.CC(C)C1CCC2(C1)CC(C(C)C)C2.CC(C)C1CCC2(C1)CN(C(C)C)C2.CC(C)N1CCC2(C1)CN(C(C)C)C2.CC(C)N1CCC2(C1)CN(C(C)C)C2.CC(C)N1CCC2(CC1)CN(C(C)C)C2. The largest absolute Gasteiger partial charge is 0.301 e. The molecule has 6 unspecified atom stereocenters. The van der Waals surface area contributed by atoms with Crippen LogP contribution in [0.5, 0.6) is 0 Å². The summed E-state index contributed by atoms with van der Waals surface area (Å²) < 4.78 is 0. The molecule has 12 heterocycles. The normalized spacial score (nSPS) is 32.4. The minimum Gasteiger partial charge on any atom is -0.301 e. The average Bonchev–Trinajstić information content (AvgIpc) is 1.55. The summed E-state index contributed by atoms with van der Waals surface area (Å²) in [5, 5.41) is 0. The van der Waals surface area contributed by atoms with Gasteiger partial charge in [0.15, 0.2) is 0 Å². The van der Waals surface area contributed by atoms with Gasteiger partial charge >= 0.3 is 0 Å². The van der Waals surface area contributed by atoms with E-state index in [1.54, 1.807) is 51.4 Å². The molecule has 22 aliphatic rings. The Kier molecular flexibility index (Phi) is 40.4. The molecule has 0 bridgehead atoms. The highest BCUT2D eigenvalue weighted by molar-refractivity contribution is 5.18. The third-order valence-electron chi connectivity index (χ3n) is 46.1. The highest BCUT2D eigenvalue weighted by atomic mass is 15.3. The number of hydrogen-bond donors (Lipinski definition) is 0. The van der Waals surface area contributed by atoms with Crippen molar-refractivity contribution in [1.29, 1.82) is 0 Å². The summed E-state index contributed by atoms with van der Waals surface area (Å²) in [5.74, 6) is 20.3. The van der Waals surface area contributed by atoms with Gasteiger partial charge in [0.2, 0.25) is 0 Å². The Morgan fingerprint density at radius 2 is 0.301 bits per heavy atom. The van der Waals surface area contributed by atoms with E-state index in [1.807, 2.05) is 0 Å². The van der Waals surface area contributed by atoms with Gasteiger partial charge in [-0.25, -0.2) is 0 Å². The van der Waals surface area contributed by atoms with Crippen molar-refractivity contribution >= 4 is 0 Å². The van der Waals surface area contributed by atoms with E-state index in [4.69, 9.17) is 0 Å². The summed E-state index contributed by atoms with van der Waals surface area (Å²) in [6.45, 7) is 127. The summed E-state index contributed by atoms with van der Waals surface area (Å²) in [4.78, 5) is 31.6. The summed E-state index contributed by atoms with van der Waals surface area (Å²) in [6, 6.07) is 9.04. The lowest BCUT2D eigenvalue weighted by Crippen LogP contribution is -2.64. The van der Waals surface area contributed by atoms with E-state index >= 15 is 0 Å². The fourth-order valence-electron chi connectivity index (χ4n) is 34.5. The molecule has 0 aromatic rings. The molecule has 10 aliphatic carbocycles. The molecule has 0 aromatic carbocycles. The number of fused-ring (bicyclic) bond motifs is 2. The smallest absolute Gasteiger partial charge is 0.00972 e. The second-order valence-corrected chi connectivity index (χ2v) is 63.5. The molecule has 12 saturated heterocycles. The number of likely N-dealkylation sites (tertiary alicyclic amines) is 12. The lowest BCUT2D eigenvalue weighted by molar-refractivity contribution is -0.117. The highest BCUT2D eigenvalue weighted by Gasteiger charge is 2.67. The van der Waals surface area contributed by atoms with Crippen LogP contribution in [0.1, 0.15) is 437 Å². The van der Waals surface area contributed by atoms with Crippen LogP contribution in [0, 0.1) is 173 Å². The molecule has 0 aromatic heterocycles. The quantitative estimate of drug-likeness (QED) is 0.117. The van der Waals surface area contributed by atoms with Crippen LogP contribution >= 0.6 is 0 Å². The van der Waals surface area contributed by atoms with Crippen molar-refractivity contribution in [3.05, 3.63) is 0 Å². The van der Waals surface area contributed by atoms with Crippen molar-refractivity contribution in [2.24, 2.45) is 173 Å². The minimum atomic E-state index is 0.675. The van der Waals surface area contributed by atoms with E-state index in [0.717, 1.165) is 229 Å². The predicted molar refractivity (Wildman–Crippen MR) is 621 cm³/mol. The maximum Gasteiger partial charge on any atom is 0.00972 e. The molecular formula is C131H250N12. The number of piperidine rings is 2. The Hall–Kier alpha value is -0.480. The fraction of sp³-hybridized carbons (Fsp3) is 1.00. The zero-order valence-corrected chi connectivity index (χ0v) is 103. The first-order chi connectivity index (χ1) is 66.7. The van der Waals surface area contributed by atoms with Gasteiger partial charge in [0.25, 0.3) is 0 Å². The molecule has 12 heteroatoms. The first kappa shape index (κ1) is 120. The van der Waals surface area contributed by atoms with E-state index in [-0.39, 0.29) is 0 Å². The summed E-state index contributed by atoms with van der Waals surface area (Å²) in [5.41, 5.74) is 7.50. The summed E-state index contributed by atoms with van der Waals surface area (Å²) >= 11 is 0. The van der Waals surface area contributed by atoms with Crippen LogP contribution in [0.25, 0.3) is 0 Å². The van der Waals surface area contributed by atoms with Crippen molar-refractivity contribution in [3.8, 4) is 0 Å². The lowest BCUT2D eigenvalue weighted by atomic mass is 9.55. The predicted octanol–water partition coefficient (Wildman–Crippen LogP) is 28.9. The lowest BCUT2D eigenvalue weighted by Gasteiger charge is -2.61. The van der Waals surface area contributed by atoms with E-state index in [1.165, 1.54) is 266 Å². The molecule has 6 atom stereocenters. The van der Waals surface area contributed by atoms with Gasteiger partial charge in [-0.05, 0) is 534 Å². The molecule has 22 fully saturated rings. The minimum absolute atomic E-state index is 0.675. The molecule has 10 spiro atoms. The number of nitrogens with zero attached hydrogens (tertiary/aromatic N) is 12. The van der Waals surface area contributed by atoms with Gasteiger partial charge in [-0.3, -0.25) is 34.3 Å². The van der Waals surface area contributed by atoms with Gasteiger partial charge < -0.3 is 24.5 Å². The molecule has 0 amide bonds. The highest BCUT2D eigenvalue weighted by Crippen LogP contribution is 2.71. The molecule has 834 valence electrons. The van der Waals surface area contributed by atoms with E-state index in [0.29, 0.717) is 16.2 Å². The third-order valence-corrected chi connectivity index (χ3v) is 46.1. The monoisotopic (exact) mass is 1990 g/mol. The topological polar surface area (TPSA) is 38.9 Å². The Bertz CT molecular complexity index is 3250. The Balaban J connectivity index is 0.000000133. The Morgan fingerprint density at radius 1 is 0.133 bits per heavy atom. The fourth-order valence-corrected chi connectivity index (χ4v) is 34.5. The molecule has 12 aliphatic heterocycles. The third kappa shape index (κ3) is 28.9. The summed E-state index contributed by atoms with van der Waals surface area (Å²) in [6.07, 6.45) is 37.6. The van der Waals surface area contributed by atoms with Crippen LogP contribution < -0.4 is 0 Å². The molecule has 0 N–H and O–H groups in total. The molecular weight excluding hydrogens is 1740 g/mol. The van der Waals surface area contributed by atoms with Crippen molar-refractivity contribution < 1.29 is 0 Å². The van der Waals surface area contributed by atoms with Crippen LogP contribution in [-0.4, -0.2) is 288 Å². The second-order valence-electron chi connectivity index (χ2n) is 63.5. The first-order valence-corrected chi connectivity index (χ1v) is 63.6. The van der Waals surface area contributed by atoms with Crippen LogP contribution in [0.3, 0.4) is 0 Å². The van der Waals surface area contributed by atoms with Gasteiger partial charge in [0.1, 0.15) is 0 Å². The van der Waals surface area contributed by atoms with Crippen molar-refractivity contribution in [3.63, 3.8) is 0 Å². The Labute approximate surface area is 892 Å². The van der Waals surface area contributed by atoms with Crippen molar-refractivity contribution in [1.82, 2.24) is 58.8 Å². The Morgan fingerprint density at radius 3 is 0.545 bits per heavy atom. The van der Waals surface area contributed by atoms with Gasteiger partial charge in [-0.2, -0.15) is 0 Å². The van der Waals surface area contributed by atoms with Crippen LogP contribution in [0.2, 0.25) is 0 Å². The standard InChI is InChI=1S/2C14H25N.C14H27N.C14H26.C13H26N2.2C13H25N.2C12H24N2.C12H23N/c2*1-9(2)13-11-5-14(6-12(11)13)7-15(8-14)10(3)4;1-11(2)13-9-14(10-13)5-7-15(8-6-14)12(3)4;1-10(2)12-5-6-14(7-12)8-13(9-14)11(3)4;1-11(2)14-7-5-13(6-8-14)9-15(10-13)12(3)4;1-10(2)12-7-13(8-12)5-6-14(9-13)11(3)4;1-10(2)12-5-6-13(7-12)8-14(9-13)11(3)4;2*1-10(2)13-6-5-12(7-13)8-14(9-12)11(3)4;1-9(2)11-5-12(6-11)7-13(8-12)10(3)4/h2*9-13H,5-8H2,1-4H3;11-13H,5-10H2,1-4H3;10-13H,5-9H2,1-4H3;11-12H,5-10H2,1-4H3;2*10-12H,5-9H2,1-4H3;2*10-11H,5-9H2,1-4H3;9-11H,5-8H2,1-4H3. The average molecular weight is 1990 g/mol. The second kappa shape index (κ2) is 48.3. The van der Waals surface area contributed by atoms with E-state index in [2.05, 4.69) is 336 Å². The molecule has 22 rings (SSSR count). The first-order valence-electron chi connectivity index (χ1n) is 63.6. The maximum atomic E-state index is 2.66. The molecule has 143 heavy (non-hydrogen) atoms.